The maximum atomic E-state index is 11.8. The molecule has 5 nitrogen and oxygen atoms in total. The molecule has 0 saturated heterocycles. The zero-order valence-electron chi connectivity index (χ0n) is 9.84. The molecule has 0 aliphatic heterocycles. The van der Waals surface area contributed by atoms with Gasteiger partial charge in [0.2, 0.25) is 10.0 Å². The van der Waals surface area contributed by atoms with E-state index >= 15 is 0 Å². The fraction of sp³-hybridized carbons (Fsp3) is 0.455. The van der Waals surface area contributed by atoms with Gasteiger partial charge in [0.25, 0.3) is 0 Å². The maximum Gasteiger partial charge on any atom is 0.240 e. The average molecular weight is 293 g/mol. The minimum Gasteiger partial charge on any atom is -0.391 e. The van der Waals surface area contributed by atoms with Gasteiger partial charge in [0.05, 0.1) is 11.0 Å². The molecule has 18 heavy (non-hydrogen) atoms. The van der Waals surface area contributed by atoms with Crippen LogP contribution in [0.4, 0.5) is 0 Å². The summed E-state index contributed by atoms with van der Waals surface area (Å²) >= 11 is 5.42. The molecule has 0 unspecified atom stereocenters. The summed E-state index contributed by atoms with van der Waals surface area (Å²) in [6, 6.07) is 8.17. The third-order valence-electron chi connectivity index (χ3n) is 2.21. The molecule has 7 heteroatoms. The van der Waals surface area contributed by atoms with Gasteiger partial charge < -0.3 is 10.4 Å². The van der Waals surface area contributed by atoms with E-state index in [1.165, 1.54) is 12.1 Å². The number of nitrogens with one attached hydrogen (secondary N) is 2. The molecule has 0 aliphatic rings. The Morgan fingerprint density at radius 3 is 2.50 bits per heavy atom. The highest BCUT2D eigenvalue weighted by Crippen LogP contribution is 2.06. The van der Waals surface area contributed by atoms with Crippen molar-refractivity contribution in [3.05, 3.63) is 30.3 Å². The van der Waals surface area contributed by atoms with E-state index in [2.05, 4.69) is 10.0 Å². The summed E-state index contributed by atoms with van der Waals surface area (Å²) in [5.74, 6) is 0.155. The first kappa shape index (κ1) is 15.4. The van der Waals surface area contributed by atoms with Crippen LogP contribution in [0.2, 0.25) is 0 Å². The van der Waals surface area contributed by atoms with E-state index in [1.807, 2.05) is 0 Å². The number of hydrogen-bond donors (Lipinski definition) is 3. The Balaban J connectivity index is 2.31. The molecule has 1 atom stereocenters. The molecule has 0 spiro atoms. The van der Waals surface area contributed by atoms with Gasteiger partial charge in [-0.1, -0.05) is 18.2 Å². The highest BCUT2D eigenvalue weighted by Gasteiger charge is 2.11. The van der Waals surface area contributed by atoms with Gasteiger partial charge >= 0.3 is 0 Å². The van der Waals surface area contributed by atoms with E-state index in [4.69, 9.17) is 16.7 Å². The molecule has 102 valence electrons. The van der Waals surface area contributed by atoms with Gasteiger partial charge in [-0.15, -0.1) is 11.6 Å². The van der Waals surface area contributed by atoms with Gasteiger partial charge in [-0.05, 0) is 12.1 Å². The van der Waals surface area contributed by atoms with E-state index < -0.39 is 16.1 Å². The lowest BCUT2D eigenvalue weighted by Crippen LogP contribution is -2.35. The van der Waals surface area contributed by atoms with Crippen LogP contribution >= 0.6 is 11.6 Å². The molecule has 0 saturated carbocycles. The standard InChI is InChI=1S/C11H17ClN2O3S/c12-8-10(15)9-13-6-7-14-18(16,17)11-4-2-1-3-5-11/h1-5,10,13-15H,6-9H2/t10-/m0/s1. The Morgan fingerprint density at radius 2 is 1.89 bits per heavy atom. The van der Waals surface area contributed by atoms with Crippen molar-refractivity contribution in [2.45, 2.75) is 11.0 Å². The zero-order valence-corrected chi connectivity index (χ0v) is 11.4. The quantitative estimate of drug-likeness (QED) is 0.471. The molecule has 1 aromatic rings. The van der Waals surface area contributed by atoms with Gasteiger partial charge in [-0.25, -0.2) is 13.1 Å². The van der Waals surface area contributed by atoms with Gasteiger partial charge in [0.15, 0.2) is 0 Å². The number of sulfonamides is 1. The fourth-order valence-corrected chi connectivity index (χ4v) is 2.44. The molecular weight excluding hydrogens is 276 g/mol. The number of rotatable bonds is 8. The van der Waals surface area contributed by atoms with Crippen molar-refractivity contribution < 1.29 is 13.5 Å². The van der Waals surface area contributed by atoms with Crippen molar-refractivity contribution in [2.24, 2.45) is 0 Å². The summed E-state index contributed by atoms with van der Waals surface area (Å²) in [4.78, 5) is 0.241. The monoisotopic (exact) mass is 292 g/mol. The van der Waals surface area contributed by atoms with E-state index in [0.717, 1.165) is 0 Å². The minimum atomic E-state index is -3.45. The summed E-state index contributed by atoms with van der Waals surface area (Å²) in [5.41, 5.74) is 0. The van der Waals surface area contributed by atoms with Crippen LogP contribution in [0.25, 0.3) is 0 Å². The topological polar surface area (TPSA) is 78.4 Å². The predicted molar refractivity (Wildman–Crippen MR) is 71.2 cm³/mol. The molecule has 0 fully saturated rings. The lowest BCUT2D eigenvalue weighted by Gasteiger charge is -2.09. The second-order valence-corrected chi connectivity index (χ2v) is 5.80. The number of aliphatic hydroxyl groups excluding tert-OH is 1. The second kappa shape index (κ2) is 7.70. The molecular formula is C11H17ClN2O3S. The second-order valence-electron chi connectivity index (χ2n) is 3.72. The zero-order chi connectivity index (χ0) is 13.4. The number of hydrogen-bond acceptors (Lipinski definition) is 4. The van der Waals surface area contributed by atoms with Crippen LogP contribution in [0.3, 0.4) is 0 Å². The van der Waals surface area contributed by atoms with Gasteiger partial charge in [0.1, 0.15) is 0 Å². The van der Waals surface area contributed by atoms with Crippen molar-refractivity contribution in [3.63, 3.8) is 0 Å². The highest BCUT2D eigenvalue weighted by atomic mass is 35.5. The molecule has 3 N–H and O–H groups in total. The molecule has 0 radical (unpaired) electrons. The Labute approximate surface area is 112 Å². The lowest BCUT2D eigenvalue weighted by molar-refractivity contribution is 0.195. The molecule has 0 aromatic heterocycles. The Hall–Kier alpha value is -0.660. The number of alkyl halides is 1. The van der Waals surface area contributed by atoms with E-state index in [-0.39, 0.29) is 17.3 Å². The average Bonchev–Trinajstić information content (AvgIpc) is 2.39. The van der Waals surface area contributed by atoms with Crippen LogP contribution in [0.5, 0.6) is 0 Å². The summed E-state index contributed by atoms with van der Waals surface area (Å²) < 4.78 is 26.0. The molecule has 0 bridgehead atoms. The Morgan fingerprint density at radius 1 is 1.22 bits per heavy atom. The number of halogens is 1. The van der Waals surface area contributed by atoms with Crippen molar-refractivity contribution in [2.75, 3.05) is 25.5 Å². The van der Waals surface area contributed by atoms with E-state index in [1.54, 1.807) is 18.2 Å². The van der Waals surface area contributed by atoms with Crippen LogP contribution in [0, 0.1) is 0 Å². The maximum absolute atomic E-state index is 11.8. The molecule has 1 aromatic carbocycles. The van der Waals surface area contributed by atoms with Gasteiger partial charge in [0, 0.05) is 25.5 Å². The van der Waals surface area contributed by atoms with Crippen molar-refractivity contribution >= 4 is 21.6 Å². The van der Waals surface area contributed by atoms with E-state index in [0.29, 0.717) is 13.1 Å². The minimum absolute atomic E-state index is 0.155. The van der Waals surface area contributed by atoms with Gasteiger partial charge in [-0.2, -0.15) is 0 Å². The predicted octanol–water partition coefficient (Wildman–Crippen LogP) is 0.154. The van der Waals surface area contributed by atoms with Crippen molar-refractivity contribution in [1.29, 1.82) is 0 Å². The first-order valence-corrected chi connectivity index (χ1v) is 7.57. The van der Waals surface area contributed by atoms with Gasteiger partial charge in [-0.3, -0.25) is 0 Å². The summed E-state index contributed by atoms with van der Waals surface area (Å²) in [6.07, 6.45) is -0.614. The Kier molecular flexibility index (Phi) is 6.59. The molecule has 1 rings (SSSR count). The summed E-state index contributed by atoms with van der Waals surface area (Å²) in [7, 11) is -3.45. The first-order valence-electron chi connectivity index (χ1n) is 5.55. The van der Waals surface area contributed by atoms with E-state index in [9.17, 15) is 8.42 Å². The fourth-order valence-electron chi connectivity index (χ4n) is 1.28. The normalized spacial score (nSPS) is 13.4. The number of aliphatic hydroxyl groups is 1. The lowest BCUT2D eigenvalue weighted by atomic mass is 10.4. The largest absolute Gasteiger partial charge is 0.391 e. The van der Waals surface area contributed by atoms with Crippen molar-refractivity contribution in [1.82, 2.24) is 10.0 Å². The SMILES string of the molecule is O=S(=O)(NCCNC[C@@H](O)CCl)c1ccccc1. The smallest absolute Gasteiger partial charge is 0.240 e. The summed E-state index contributed by atoms with van der Waals surface area (Å²) in [6.45, 7) is 1.03. The van der Waals surface area contributed by atoms with Crippen LogP contribution in [0.15, 0.2) is 35.2 Å². The molecule has 0 heterocycles. The highest BCUT2D eigenvalue weighted by molar-refractivity contribution is 7.89. The number of benzene rings is 1. The Bertz CT molecular complexity index is 439. The van der Waals surface area contributed by atoms with Crippen LogP contribution in [-0.4, -0.2) is 45.1 Å². The van der Waals surface area contributed by atoms with Crippen LogP contribution < -0.4 is 10.0 Å². The summed E-state index contributed by atoms with van der Waals surface area (Å²) in [5, 5.41) is 12.1. The van der Waals surface area contributed by atoms with Crippen LogP contribution in [-0.2, 0) is 10.0 Å². The van der Waals surface area contributed by atoms with Crippen LogP contribution in [0.1, 0.15) is 0 Å². The third-order valence-corrected chi connectivity index (χ3v) is 4.04. The molecule has 0 amide bonds. The third kappa shape index (κ3) is 5.32. The van der Waals surface area contributed by atoms with Crippen molar-refractivity contribution in [3.8, 4) is 0 Å². The molecule has 0 aliphatic carbocycles. The first-order chi connectivity index (χ1) is 8.56.